The molecule has 1 atom stereocenters. The molecule has 1 amide bonds. The summed E-state index contributed by atoms with van der Waals surface area (Å²) >= 11 is 0. The molecule has 1 aliphatic heterocycles. The molecule has 0 unspecified atom stereocenters. The predicted molar refractivity (Wildman–Crippen MR) is 125 cm³/mol. The number of esters is 1. The zero-order chi connectivity index (χ0) is 23.4. The number of amides is 1. The number of anilines is 1. The Labute approximate surface area is 191 Å². The highest BCUT2D eigenvalue weighted by molar-refractivity contribution is 5.98. The van der Waals surface area contributed by atoms with Crippen LogP contribution < -0.4 is 15.6 Å². The van der Waals surface area contributed by atoms with Crippen molar-refractivity contribution in [3.05, 3.63) is 64.2 Å². The van der Waals surface area contributed by atoms with Crippen LogP contribution in [0.25, 0.3) is 10.9 Å². The molecule has 33 heavy (non-hydrogen) atoms. The number of benzene rings is 2. The van der Waals surface area contributed by atoms with Gasteiger partial charge in [-0.2, -0.15) is 0 Å². The largest absolute Gasteiger partial charge is 0.494 e. The van der Waals surface area contributed by atoms with Gasteiger partial charge in [0.15, 0.2) is 6.10 Å². The lowest BCUT2D eigenvalue weighted by molar-refractivity contribution is -0.123. The van der Waals surface area contributed by atoms with E-state index in [1.165, 1.54) is 13.0 Å². The van der Waals surface area contributed by atoms with Gasteiger partial charge >= 0.3 is 5.97 Å². The molecule has 0 bridgehead atoms. The number of hydrogen-bond acceptors (Lipinski definition) is 6. The molecule has 0 saturated carbocycles. The number of fused-ring (bicyclic) bond motifs is 2. The van der Waals surface area contributed by atoms with Gasteiger partial charge in [0.2, 0.25) is 0 Å². The van der Waals surface area contributed by atoms with Crippen molar-refractivity contribution < 1.29 is 19.1 Å². The molecule has 0 aliphatic carbocycles. The number of ether oxygens (including phenoxy) is 2. The first kappa shape index (κ1) is 22.5. The SMILES string of the molecule is CCOc1ccc(NC(=O)[C@@H](C)OC(=O)c2ccc3c(=O)n4c(nc3c2)CCCCC4)cc1. The lowest BCUT2D eigenvalue weighted by atomic mass is 10.1. The van der Waals surface area contributed by atoms with E-state index in [0.717, 1.165) is 31.5 Å². The third-order valence-corrected chi connectivity index (χ3v) is 5.64. The fraction of sp³-hybridized carbons (Fsp3) is 0.360. The van der Waals surface area contributed by atoms with Crippen molar-refractivity contribution in [1.29, 1.82) is 0 Å². The summed E-state index contributed by atoms with van der Waals surface area (Å²) in [6.07, 6.45) is 2.74. The molecule has 3 aromatic rings. The zero-order valence-electron chi connectivity index (χ0n) is 18.8. The summed E-state index contributed by atoms with van der Waals surface area (Å²) in [5, 5.41) is 3.19. The van der Waals surface area contributed by atoms with E-state index in [1.807, 2.05) is 6.92 Å². The van der Waals surface area contributed by atoms with Gasteiger partial charge in [-0.15, -0.1) is 0 Å². The topological polar surface area (TPSA) is 99.5 Å². The van der Waals surface area contributed by atoms with Crippen LogP contribution in [0.15, 0.2) is 47.3 Å². The van der Waals surface area contributed by atoms with Crippen molar-refractivity contribution in [3.63, 3.8) is 0 Å². The Bertz CT molecular complexity index is 1230. The van der Waals surface area contributed by atoms with Gasteiger partial charge in [-0.1, -0.05) is 6.42 Å². The zero-order valence-corrected chi connectivity index (χ0v) is 18.8. The van der Waals surface area contributed by atoms with Crippen LogP contribution in [0.2, 0.25) is 0 Å². The van der Waals surface area contributed by atoms with Gasteiger partial charge in [0.05, 0.1) is 23.1 Å². The molecule has 172 valence electrons. The van der Waals surface area contributed by atoms with E-state index in [0.29, 0.717) is 35.5 Å². The summed E-state index contributed by atoms with van der Waals surface area (Å²) in [5.41, 5.74) is 1.20. The van der Waals surface area contributed by atoms with Crippen LogP contribution in [-0.2, 0) is 22.5 Å². The molecule has 4 rings (SSSR count). The van der Waals surface area contributed by atoms with Crippen molar-refractivity contribution in [2.75, 3.05) is 11.9 Å². The lowest BCUT2D eigenvalue weighted by Crippen LogP contribution is -2.30. The van der Waals surface area contributed by atoms with E-state index in [4.69, 9.17) is 9.47 Å². The minimum absolute atomic E-state index is 0.0834. The standard InChI is InChI=1S/C25H27N3O5/c1-3-32-19-11-9-18(10-12-19)26-23(29)16(2)33-25(31)17-8-13-20-21(15-17)27-22-7-5-4-6-14-28(22)24(20)30/h8-13,15-16H,3-7,14H2,1-2H3,(H,26,29)/t16-/m1/s1. The van der Waals surface area contributed by atoms with Gasteiger partial charge < -0.3 is 14.8 Å². The number of aryl methyl sites for hydroxylation is 1. The minimum Gasteiger partial charge on any atom is -0.494 e. The van der Waals surface area contributed by atoms with Gasteiger partial charge in [0, 0.05) is 18.7 Å². The Hall–Kier alpha value is -3.68. The summed E-state index contributed by atoms with van der Waals surface area (Å²) in [7, 11) is 0. The van der Waals surface area contributed by atoms with E-state index < -0.39 is 18.0 Å². The van der Waals surface area contributed by atoms with Crippen LogP contribution in [0.4, 0.5) is 5.69 Å². The second kappa shape index (κ2) is 9.85. The molecule has 8 heteroatoms. The smallest absolute Gasteiger partial charge is 0.338 e. The first-order valence-corrected chi connectivity index (χ1v) is 11.2. The number of nitrogens with one attached hydrogen (secondary N) is 1. The molecular weight excluding hydrogens is 422 g/mol. The van der Waals surface area contributed by atoms with Crippen molar-refractivity contribution in [1.82, 2.24) is 9.55 Å². The maximum Gasteiger partial charge on any atom is 0.338 e. The Morgan fingerprint density at radius 2 is 1.91 bits per heavy atom. The molecule has 0 saturated heterocycles. The number of hydrogen-bond donors (Lipinski definition) is 1. The molecule has 2 heterocycles. The molecule has 0 spiro atoms. The van der Waals surface area contributed by atoms with Crippen LogP contribution in [0.1, 0.15) is 49.3 Å². The summed E-state index contributed by atoms with van der Waals surface area (Å²) in [5.74, 6) is 0.355. The van der Waals surface area contributed by atoms with E-state index in [2.05, 4.69) is 10.3 Å². The van der Waals surface area contributed by atoms with Crippen LogP contribution in [-0.4, -0.2) is 34.1 Å². The van der Waals surface area contributed by atoms with Crippen LogP contribution >= 0.6 is 0 Å². The van der Waals surface area contributed by atoms with Gasteiger partial charge in [-0.25, -0.2) is 9.78 Å². The second-order valence-corrected chi connectivity index (χ2v) is 8.02. The molecule has 8 nitrogen and oxygen atoms in total. The van der Waals surface area contributed by atoms with E-state index in [-0.39, 0.29) is 11.1 Å². The second-order valence-electron chi connectivity index (χ2n) is 8.02. The molecule has 0 radical (unpaired) electrons. The number of carbonyl (C=O) groups excluding carboxylic acids is 2. The average Bonchev–Trinajstić information content (AvgIpc) is 3.06. The summed E-state index contributed by atoms with van der Waals surface area (Å²) in [6.45, 7) is 4.63. The quantitative estimate of drug-likeness (QED) is 0.576. The monoisotopic (exact) mass is 449 g/mol. The Kier molecular flexibility index (Phi) is 6.72. The Morgan fingerprint density at radius 3 is 2.67 bits per heavy atom. The Balaban J connectivity index is 1.46. The third-order valence-electron chi connectivity index (χ3n) is 5.64. The van der Waals surface area contributed by atoms with Crippen LogP contribution in [0.5, 0.6) is 5.75 Å². The van der Waals surface area contributed by atoms with Crippen LogP contribution in [0, 0.1) is 0 Å². The molecule has 2 aromatic carbocycles. The predicted octanol–water partition coefficient (Wildman–Crippen LogP) is 3.71. The van der Waals surface area contributed by atoms with E-state index in [1.54, 1.807) is 41.0 Å². The number of aromatic nitrogens is 2. The molecule has 1 aromatic heterocycles. The van der Waals surface area contributed by atoms with Gasteiger partial charge in [0.1, 0.15) is 11.6 Å². The summed E-state index contributed by atoms with van der Waals surface area (Å²) < 4.78 is 12.5. The fourth-order valence-electron chi connectivity index (χ4n) is 3.87. The van der Waals surface area contributed by atoms with Gasteiger partial charge in [0.25, 0.3) is 11.5 Å². The molecular formula is C25H27N3O5. The number of carbonyl (C=O) groups is 2. The first-order chi connectivity index (χ1) is 16.0. The minimum atomic E-state index is -1.01. The highest BCUT2D eigenvalue weighted by Gasteiger charge is 2.21. The van der Waals surface area contributed by atoms with Crippen molar-refractivity contribution >= 4 is 28.5 Å². The van der Waals surface area contributed by atoms with Crippen molar-refractivity contribution in [2.45, 2.75) is 52.2 Å². The summed E-state index contributed by atoms with van der Waals surface area (Å²) in [6, 6.07) is 11.6. The maximum atomic E-state index is 12.9. The normalized spacial score (nSPS) is 14.1. The maximum absolute atomic E-state index is 12.9. The molecule has 1 N–H and O–H groups in total. The number of rotatable bonds is 6. The third kappa shape index (κ3) is 5.05. The summed E-state index contributed by atoms with van der Waals surface area (Å²) in [4.78, 5) is 42.6. The van der Waals surface area contributed by atoms with Crippen molar-refractivity contribution in [2.24, 2.45) is 0 Å². The molecule has 0 fully saturated rings. The first-order valence-electron chi connectivity index (χ1n) is 11.2. The highest BCUT2D eigenvalue weighted by Crippen LogP contribution is 2.18. The van der Waals surface area contributed by atoms with E-state index >= 15 is 0 Å². The number of nitrogens with zero attached hydrogens (tertiary/aromatic N) is 2. The average molecular weight is 450 g/mol. The lowest BCUT2D eigenvalue weighted by Gasteiger charge is -2.14. The molecule has 1 aliphatic rings. The van der Waals surface area contributed by atoms with E-state index in [9.17, 15) is 14.4 Å². The van der Waals surface area contributed by atoms with Gasteiger partial charge in [-0.05, 0) is 69.2 Å². The van der Waals surface area contributed by atoms with Crippen molar-refractivity contribution in [3.8, 4) is 5.75 Å². The highest BCUT2D eigenvalue weighted by atomic mass is 16.5. The fourth-order valence-corrected chi connectivity index (χ4v) is 3.87. The van der Waals surface area contributed by atoms with Crippen LogP contribution in [0.3, 0.4) is 0 Å². The van der Waals surface area contributed by atoms with Gasteiger partial charge in [-0.3, -0.25) is 14.2 Å². The Morgan fingerprint density at radius 1 is 1.12 bits per heavy atom.